The van der Waals surface area contributed by atoms with E-state index in [-0.39, 0.29) is 30.3 Å². The molecule has 4 rings (SSSR count). The van der Waals surface area contributed by atoms with Crippen molar-refractivity contribution in [3.8, 4) is 11.5 Å². The van der Waals surface area contributed by atoms with E-state index in [9.17, 15) is 14.4 Å². The molecule has 8 heteroatoms. The van der Waals surface area contributed by atoms with Crippen LogP contribution in [0.1, 0.15) is 52.6 Å². The second-order valence-electron chi connectivity index (χ2n) is 10.6. The molecular weight excluding hydrogens is 480 g/mol. The van der Waals surface area contributed by atoms with E-state index in [4.69, 9.17) is 4.74 Å². The van der Waals surface area contributed by atoms with Gasteiger partial charge in [-0.25, -0.2) is 4.79 Å². The first-order chi connectivity index (χ1) is 18.2. The zero-order valence-corrected chi connectivity index (χ0v) is 22.9. The van der Waals surface area contributed by atoms with Gasteiger partial charge in [0.1, 0.15) is 17.5 Å². The SMILES string of the molecule is CCN1C(=O)N[C@H](c2cccc(Oc3ccccc3)c2)C2=C1CN([C@H](C(=O)NCCC(C)C)C(C)C)C2=O. The molecule has 0 aliphatic carbocycles. The summed E-state index contributed by atoms with van der Waals surface area (Å²) in [5.41, 5.74) is 1.90. The molecule has 4 amide bonds. The fourth-order valence-corrected chi connectivity index (χ4v) is 5.10. The van der Waals surface area contributed by atoms with Crippen molar-refractivity contribution in [2.45, 2.75) is 53.1 Å². The molecule has 2 heterocycles. The van der Waals surface area contributed by atoms with Gasteiger partial charge in [-0.1, -0.05) is 58.0 Å². The van der Waals surface area contributed by atoms with Crippen LogP contribution in [0, 0.1) is 11.8 Å². The fraction of sp³-hybridized carbons (Fsp3) is 0.433. The first kappa shape index (κ1) is 27.2. The number of likely N-dealkylation sites (N-methyl/N-ethyl adjacent to an activating group) is 1. The minimum absolute atomic E-state index is 0.0980. The van der Waals surface area contributed by atoms with E-state index in [1.165, 1.54) is 0 Å². The molecule has 2 atom stereocenters. The molecule has 0 spiro atoms. The molecule has 0 saturated carbocycles. The van der Waals surface area contributed by atoms with E-state index in [2.05, 4.69) is 24.5 Å². The Balaban J connectivity index is 1.64. The number of urea groups is 1. The lowest BCUT2D eigenvalue weighted by atomic mass is 9.95. The van der Waals surface area contributed by atoms with Crippen LogP contribution < -0.4 is 15.4 Å². The maximum absolute atomic E-state index is 14.0. The number of hydrogen-bond donors (Lipinski definition) is 2. The minimum atomic E-state index is -0.645. The lowest BCUT2D eigenvalue weighted by Crippen LogP contribution is -2.51. The van der Waals surface area contributed by atoms with Gasteiger partial charge in [-0.2, -0.15) is 0 Å². The molecule has 2 aromatic rings. The second-order valence-corrected chi connectivity index (χ2v) is 10.6. The summed E-state index contributed by atoms with van der Waals surface area (Å²) in [6.07, 6.45) is 0.866. The Labute approximate surface area is 225 Å². The van der Waals surface area contributed by atoms with Gasteiger partial charge >= 0.3 is 6.03 Å². The lowest BCUT2D eigenvalue weighted by molar-refractivity contribution is -0.138. The Morgan fingerprint density at radius 1 is 1.05 bits per heavy atom. The normalized spacial score (nSPS) is 18.1. The fourth-order valence-electron chi connectivity index (χ4n) is 5.10. The van der Waals surface area contributed by atoms with Gasteiger partial charge in [-0.3, -0.25) is 14.5 Å². The predicted molar refractivity (Wildman–Crippen MR) is 146 cm³/mol. The third kappa shape index (κ3) is 5.69. The molecule has 0 bridgehead atoms. The Morgan fingerprint density at radius 2 is 1.76 bits per heavy atom. The van der Waals surface area contributed by atoms with Crippen LogP contribution in [0.5, 0.6) is 11.5 Å². The number of nitrogens with one attached hydrogen (secondary N) is 2. The number of nitrogens with zero attached hydrogens (tertiary/aromatic N) is 2. The average Bonchev–Trinajstić information content (AvgIpc) is 3.20. The van der Waals surface area contributed by atoms with E-state index in [1.807, 2.05) is 75.4 Å². The highest BCUT2D eigenvalue weighted by Crippen LogP contribution is 2.38. The van der Waals surface area contributed by atoms with Crippen LogP contribution >= 0.6 is 0 Å². The summed E-state index contributed by atoms with van der Waals surface area (Å²) >= 11 is 0. The monoisotopic (exact) mass is 518 g/mol. The number of hydrogen-bond acceptors (Lipinski definition) is 4. The molecule has 0 fully saturated rings. The third-order valence-electron chi connectivity index (χ3n) is 6.99. The number of ether oxygens (including phenoxy) is 1. The number of benzene rings is 2. The lowest BCUT2D eigenvalue weighted by Gasteiger charge is -2.33. The van der Waals surface area contributed by atoms with Crippen molar-refractivity contribution in [2.75, 3.05) is 19.6 Å². The van der Waals surface area contributed by atoms with Gasteiger partial charge in [0.05, 0.1) is 23.9 Å². The van der Waals surface area contributed by atoms with Gasteiger partial charge in [0.25, 0.3) is 5.91 Å². The molecule has 2 aliphatic heterocycles. The number of carbonyl (C=O) groups is 3. The molecular formula is C30H38N4O4. The highest BCUT2D eigenvalue weighted by atomic mass is 16.5. The van der Waals surface area contributed by atoms with E-state index in [0.717, 1.165) is 12.0 Å². The molecule has 8 nitrogen and oxygen atoms in total. The van der Waals surface area contributed by atoms with Crippen molar-refractivity contribution in [1.29, 1.82) is 0 Å². The molecule has 0 radical (unpaired) electrons. The summed E-state index contributed by atoms with van der Waals surface area (Å²) in [5.74, 6) is 1.28. The zero-order valence-electron chi connectivity index (χ0n) is 22.9. The highest BCUT2D eigenvalue weighted by Gasteiger charge is 2.47. The van der Waals surface area contributed by atoms with Gasteiger partial charge < -0.3 is 20.3 Å². The van der Waals surface area contributed by atoms with Crippen LogP contribution in [0.15, 0.2) is 65.9 Å². The maximum atomic E-state index is 14.0. The molecule has 0 saturated heterocycles. The summed E-state index contributed by atoms with van der Waals surface area (Å²) in [6, 6.07) is 15.3. The van der Waals surface area contributed by atoms with Crippen molar-refractivity contribution in [1.82, 2.24) is 20.4 Å². The van der Waals surface area contributed by atoms with Crippen molar-refractivity contribution in [3.05, 3.63) is 71.4 Å². The number of para-hydroxylation sites is 1. The first-order valence-corrected chi connectivity index (χ1v) is 13.4. The molecule has 0 unspecified atom stereocenters. The van der Waals surface area contributed by atoms with Gasteiger partial charge in [-0.05, 0) is 55.0 Å². The first-order valence-electron chi connectivity index (χ1n) is 13.4. The molecule has 38 heavy (non-hydrogen) atoms. The van der Waals surface area contributed by atoms with Crippen molar-refractivity contribution in [2.24, 2.45) is 11.8 Å². The predicted octanol–water partition coefficient (Wildman–Crippen LogP) is 4.85. The molecule has 0 aromatic heterocycles. The van der Waals surface area contributed by atoms with Crippen molar-refractivity contribution in [3.63, 3.8) is 0 Å². The second kappa shape index (κ2) is 11.7. The Morgan fingerprint density at radius 3 is 2.42 bits per heavy atom. The maximum Gasteiger partial charge on any atom is 0.322 e. The minimum Gasteiger partial charge on any atom is -0.457 e. The van der Waals surface area contributed by atoms with E-state index in [1.54, 1.807) is 9.80 Å². The molecule has 2 aliphatic rings. The number of rotatable bonds is 10. The van der Waals surface area contributed by atoms with E-state index < -0.39 is 12.1 Å². The van der Waals surface area contributed by atoms with Gasteiger partial charge in [-0.15, -0.1) is 0 Å². The standard InChI is InChI=1S/C30H38N4O4/c1-6-33-24-18-34(27(20(4)5)28(35)31-16-15-19(2)3)29(36)25(24)26(32-30(33)37)21-11-10-14-23(17-21)38-22-12-8-7-9-13-22/h7-14,17,19-20,26-27H,6,15-16,18H2,1-5H3,(H,31,35)(H,32,37)/t26-,27+/m1/s1. The number of amides is 4. The highest BCUT2D eigenvalue weighted by molar-refractivity contribution is 6.03. The average molecular weight is 519 g/mol. The zero-order chi connectivity index (χ0) is 27.4. The summed E-state index contributed by atoms with van der Waals surface area (Å²) in [4.78, 5) is 43.6. The molecule has 2 aromatic carbocycles. The Bertz CT molecular complexity index is 1210. The van der Waals surface area contributed by atoms with Crippen molar-refractivity contribution >= 4 is 17.8 Å². The van der Waals surface area contributed by atoms with Gasteiger partial charge in [0.2, 0.25) is 5.91 Å². The summed E-state index contributed by atoms with van der Waals surface area (Å²) in [7, 11) is 0. The molecule has 202 valence electrons. The quantitative estimate of drug-likeness (QED) is 0.471. The smallest absolute Gasteiger partial charge is 0.322 e. The van der Waals surface area contributed by atoms with Crippen molar-refractivity contribution < 1.29 is 19.1 Å². The van der Waals surface area contributed by atoms with Gasteiger partial charge in [0.15, 0.2) is 0 Å². The van der Waals surface area contributed by atoms with Crippen LogP contribution in [0.2, 0.25) is 0 Å². The summed E-state index contributed by atoms with van der Waals surface area (Å²) < 4.78 is 6.01. The van der Waals surface area contributed by atoms with Crippen LogP contribution in [-0.2, 0) is 9.59 Å². The molecule has 2 N–H and O–H groups in total. The van der Waals surface area contributed by atoms with E-state index >= 15 is 0 Å². The van der Waals surface area contributed by atoms with Crippen LogP contribution in [-0.4, -0.2) is 53.3 Å². The van der Waals surface area contributed by atoms with Gasteiger partial charge in [0, 0.05) is 13.1 Å². The van der Waals surface area contributed by atoms with Crippen LogP contribution in [0.3, 0.4) is 0 Å². The van der Waals surface area contributed by atoms with Crippen LogP contribution in [0.4, 0.5) is 4.79 Å². The largest absolute Gasteiger partial charge is 0.457 e. The van der Waals surface area contributed by atoms with E-state index in [0.29, 0.717) is 41.8 Å². The Hall–Kier alpha value is -3.81. The summed E-state index contributed by atoms with van der Waals surface area (Å²) in [5, 5.41) is 6.03. The number of carbonyl (C=O) groups excluding carboxylic acids is 3. The topological polar surface area (TPSA) is 91.0 Å². The Kier molecular flexibility index (Phi) is 8.39. The summed E-state index contributed by atoms with van der Waals surface area (Å²) in [6.45, 7) is 11.2. The van der Waals surface area contributed by atoms with Crippen LogP contribution in [0.25, 0.3) is 0 Å². The third-order valence-corrected chi connectivity index (χ3v) is 6.99.